The number of hydrogen-bond acceptors (Lipinski definition) is 0. The summed E-state index contributed by atoms with van der Waals surface area (Å²) in [5, 5.41) is 0. The molecule has 0 spiro atoms. The second-order valence-electron chi connectivity index (χ2n) is 11.6. The fourth-order valence-corrected chi connectivity index (χ4v) is 11.4. The summed E-state index contributed by atoms with van der Waals surface area (Å²) in [6, 6.07) is 0. The van der Waals surface area contributed by atoms with Gasteiger partial charge in [0.2, 0.25) is 0 Å². The minimum atomic E-state index is -1.07. The van der Waals surface area contributed by atoms with Crippen LogP contribution in [-0.4, -0.2) is 24.6 Å². The Labute approximate surface area is 213 Å². The van der Waals surface area contributed by atoms with Crippen molar-refractivity contribution in [3.05, 3.63) is 0 Å². The molecule has 0 nitrogen and oxygen atoms in total. The SMILES string of the molecule is CCCCCCCC[PH](CCCCCCCC)(CCCCCCCC)CCCCCCCC. The van der Waals surface area contributed by atoms with Crippen molar-refractivity contribution in [2.75, 3.05) is 24.6 Å². The van der Waals surface area contributed by atoms with E-state index in [2.05, 4.69) is 27.7 Å². The van der Waals surface area contributed by atoms with Gasteiger partial charge in [0.1, 0.15) is 0 Å². The summed E-state index contributed by atoms with van der Waals surface area (Å²) in [5.41, 5.74) is 0. The summed E-state index contributed by atoms with van der Waals surface area (Å²) < 4.78 is 0. The Kier molecular flexibility index (Phi) is 27.4. The van der Waals surface area contributed by atoms with Crippen LogP contribution in [0.4, 0.5) is 0 Å². The van der Waals surface area contributed by atoms with E-state index in [4.69, 9.17) is 0 Å². The molecule has 0 atom stereocenters. The Bertz CT molecular complexity index is 281. The molecule has 33 heavy (non-hydrogen) atoms. The second-order valence-corrected chi connectivity index (χ2v) is 16.6. The third kappa shape index (κ3) is 22.6. The Balaban J connectivity index is 4.74. The molecule has 0 aromatic carbocycles. The van der Waals surface area contributed by atoms with E-state index in [0.29, 0.717) is 0 Å². The van der Waals surface area contributed by atoms with Crippen molar-refractivity contribution in [2.24, 2.45) is 0 Å². The van der Waals surface area contributed by atoms with Gasteiger partial charge in [0.15, 0.2) is 0 Å². The monoisotopic (exact) mass is 485 g/mol. The minimum absolute atomic E-state index is 1.07. The van der Waals surface area contributed by atoms with E-state index < -0.39 is 7.26 Å². The van der Waals surface area contributed by atoms with Gasteiger partial charge >= 0.3 is 214 Å². The molecule has 0 aromatic heterocycles. The van der Waals surface area contributed by atoms with Crippen LogP contribution >= 0.6 is 7.26 Å². The zero-order chi connectivity index (χ0) is 24.3. The van der Waals surface area contributed by atoms with Gasteiger partial charge in [-0.2, -0.15) is 0 Å². The van der Waals surface area contributed by atoms with Crippen LogP contribution in [0.5, 0.6) is 0 Å². The van der Waals surface area contributed by atoms with Gasteiger partial charge in [-0.25, -0.2) is 0 Å². The summed E-state index contributed by atoms with van der Waals surface area (Å²) >= 11 is 0. The number of rotatable bonds is 28. The first kappa shape index (κ1) is 33.4. The van der Waals surface area contributed by atoms with E-state index in [0.717, 1.165) is 0 Å². The number of unbranched alkanes of at least 4 members (excludes halogenated alkanes) is 20. The van der Waals surface area contributed by atoms with Crippen LogP contribution in [0.25, 0.3) is 0 Å². The molecule has 0 aromatic rings. The normalized spacial score (nSPS) is 12.5. The molecular weight excluding hydrogens is 415 g/mol. The van der Waals surface area contributed by atoms with Crippen LogP contribution in [0.2, 0.25) is 0 Å². The van der Waals surface area contributed by atoms with Gasteiger partial charge in [-0.05, 0) is 0 Å². The average Bonchev–Trinajstić information content (AvgIpc) is 2.83. The van der Waals surface area contributed by atoms with E-state index in [1.807, 2.05) is 0 Å². The first-order valence-electron chi connectivity index (χ1n) is 16.2. The maximum atomic E-state index is 2.35. The third-order valence-corrected chi connectivity index (χ3v) is 13.9. The average molecular weight is 485 g/mol. The fraction of sp³-hybridized carbons (Fsp3) is 1.00. The van der Waals surface area contributed by atoms with E-state index in [1.54, 1.807) is 50.3 Å². The van der Waals surface area contributed by atoms with Crippen molar-refractivity contribution in [2.45, 2.75) is 182 Å². The zero-order valence-corrected chi connectivity index (χ0v) is 25.3. The summed E-state index contributed by atoms with van der Waals surface area (Å²) in [5.74, 6) is 0. The van der Waals surface area contributed by atoms with Crippen LogP contribution in [0.3, 0.4) is 0 Å². The van der Waals surface area contributed by atoms with Crippen LogP contribution in [0, 0.1) is 0 Å². The molecule has 0 saturated carbocycles. The van der Waals surface area contributed by atoms with E-state index in [1.165, 1.54) is 128 Å². The van der Waals surface area contributed by atoms with Crippen LogP contribution in [0.1, 0.15) is 182 Å². The molecule has 1 heteroatoms. The molecule has 0 amide bonds. The predicted molar refractivity (Wildman–Crippen MR) is 161 cm³/mol. The van der Waals surface area contributed by atoms with Crippen molar-refractivity contribution in [1.82, 2.24) is 0 Å². The van der Waals surface area contributed by atoms with Crippen LogP contribution < -0.4 is 0 Å². The molecule has 202 valence electrons. The van der Waals surface area contributed by atoms with Gasteiger partial charge in [-0.1, -0.05) is 0 Å². The van der Waals surface area contributed by atoms with E-state index in [9.17, 15) is 0 Å². The second kappa shape index (κ2) is 27.0. The van der Waals surface area contributed by atoms with Gasteiger partial charge in [0.05, 0.1) is 0 Å². The molecule has 0 rings (SSSR count). The molecule has 0 fully saturated rings. The topological polar surface area (TPSA) is 0 Å². The predicted octanol–water partition coefficient (Wildman–Crippen LogP) is 12.2. The van der Waals surface area contributed by atoms with E-state index >= 15 is 0 Å². The maximum absolute atomic E-state index is 2.35. The zero-order valence-electron chi connectivity index (χ0n) is 24.3. The van der Waals surface area contributed by atoms with Gasteiger partial charge < -0.3 is 0 Å². The van der Waals surface area contributed by atoms with Crippen molar-refractivity contribution in [3.8, 4) is 0 Å². The molecule has 0 heterocycles. The Hall–Kier alpha value is 0.430. The summed E-state index contributed by atoms with van der Waals surface area (Å²) in [7, 11) is -1.07. The molecule has 0 N–H and O–H groups in total. The fourth-order valence-electron chi connectivity index (χ4n) is 5.87. The number of hydrogen-bond donors (Lipinski definition) is 0. The van der Waals surface area contributed by atoms with Gasteiger partial charge in [0.25, 0.3) is 0 Å². The molecule has 0 aliphatic rings. The van der Waals surface area contributed by atoms with Crippen molar-refractivity contribution >= 4 is 7.26 Å². The molecule has 0 aliphatic carbocycles. The van der Waals surface area contributed by atoms with Crippen LogP contribution in [0.15, 0.2) is 0 Å². The van der Waals surface area contributed by atoms with Gasteiger partial charge in [0, 0.05) is 0 Å². The van der Waals surface area contributed by atoms with Gasteiger partial charge in [-0.3, -0.25) is 0 Å². The third-order valence-electron chi connectivity index (χ3n) is 8.24. The summed E-state index contributed by atoms with van der Waals surface area (Å²) in [6.07, 6.45) is 42.4. The molecule has 0 unspecified atom stereocenters. The quantitative estimate of drug-likeness (QED) is 0.0764. The molecule has 0 radical (unpaired) electrons. The first-order valence-corrected chi connectivity index (χ1v) is 19.1. The Morgan fingerprint density at radius 3 is 0.636 bits per heavy atom. The Morgan fingerprint density at radius 1 is 0.242 bits per heavy atom. The van der Waals surface area contributed by atoms with E-state index in [-0.39, 0.29) is 0 Å². The first-order chi connectivity index (χ1) is 16.2. The van der Waals surface area contributed by atoms with Crippen molar-refractivity contribution < 1.29 is 0 Å². The van der Waals surface area contributed by atoms with Crippen molar-refractivity contribution in [1.29, 1.82) is 0 Å². The van der Waals surface area contributed by atoms with Crippen molar-refractivity contribution in [3.63, 3.8) is 0 Å². The summed E-state index contributed by atoms with van der Waals surface area (Å²) in [6.45, 7) is 9.39. The van der Waals surface area contributed by atoms with Crippen LogP contribution in [-0.2, 0) is 0 Å². The molecular formula is C32H69P. The standard InChI is InChI=1S/C32H69P/c1-5-9-13-17-21-25-29-33(30-26-22-18-14-10-6-2,31-27-23-19-15-11-7-3)32-28-24-20-16-12-8-4/h33H,5-32H2,1-4H3. The molecule has 0 saturated heterocycles. The Morgan fingerprint density at radius 2 is 0.424 bits per heavy atom. The van der Waals surface area contributed by atoms with Gasteiger partial charge in [-0.15, -0.1) is 0 Å². The molecule has 0 aliphatic heterocycles. The summed E-state index contributed by atoms with van der Waals surface area (Å²) in [4.78, 5) is 0. The molecule has 0 bridgehead atoms.